The summed E-state index contributed by atoms with van der Waals surface area (Å²) in [6.45, 7) is 13.1. The van der Waals surface area contributed by atoms with Crippen molar-refractivity contribution in [3.63, 3.8) is 0 Å². The first-order chi connectivity index (χ1) is 9.97. The molecule has 2 rings (SSSR count). The number of nitrogens with one attached hydrogen (secondary N) is 1. The van der Waals surface area contributed by atoms with Crippen molar-refractivity contribution in [1.29, 1.82) is 0 Å². The van der Waals surface area contributed by atoms with Crippen LogP contribution in [0.3, 0.4) is 0 Å². The van der Waals surface area contributed by atoms with Gasteiger partial charge in [-0.05, 0) is 34.2 Å². The van der Waals surface area contributed by atoms with E-state index in [2.05, 4.69) is 36.0 Å². The van der Waals surface area contributed by atoms with E-state index in [0.29, 0.717) is 6.04 Å². The first kappa shape index (κ1) is 17.2. The highest BCUT2D eigenvalue weighted by Gasteiger charge is 2.42. The summed E-state index contributed by atoms with van der Waals surface area (Å²) in [6.07, 6.45) is 1.53. The van der Waals surface area contributed by atoms with Crippen LogP contribution >= 0.6 is 0 Å². The van der Waals surface area contributed by atoms with Gasteiger partial charge in [0, 0.05) is 58.0 Å². The van der Waals surface area contributed by atoms with Crippen LogP contribution in [0.4, 0.5) is 0 Å². The molecule has 0 bridgehead atoms. The second-order valence-corrected chi connectivity index (χ2v) is 7.02. The van der Waals surface area contributed by atoms with Crippen molar-refractivity contribution >= 4 is 0 Å². The Morgan fingerprint density at radius 3 is 2.43 bits per heavy atom. The average Bonchev–Trinajstić information content (AvgIpc) is 2.43. The van der Waals surface area contributed by atoms with Crippen molar-refractivity contribution in [2.24, 2.45) is 0 Å². The molecule has 1 saturated carbocycles. The van der Waals surface area contributed by atoms with Gasteiger partial charge in [0.25, 0.3) is 0 Å². The Morgan fingerprint density at radius 2 is 1.86 bits per heavy atom. The first-order valence-corrected chi connectivity index (χ1v) is 8.29. The summed E-state index contributed by atoms with van der Waals surface area (Å²) in [7, 11) is 3.99. The van der Waals surface area contributed by atoms with Crippen molar-refractivity contribution in [2.75, 3.05) is 53.5 Å². The zero-order chi connectivity index (χ0) is 15.5. The summed E-state index contributed by atoms with van der Waals surface area (Å²) in [5, 5.41) is 3.70. The lowest BCUT2D eigenvalue weighted by Crippen LogP contribution is -2.64. The number of rotatable bonds is 7. The fourth-order valence-electron chi connectivity index (χ4n) is 3.38. The molecule has 0 aromatic rings. The van der Waals surface area contributed by atoms with Crippen LogP contribution in [0.2, 0.25) is 0 Å². The molecule has 0 aromatic carbocycles. The zero-order valence-electron chi connectivity index (χ0n) is 14.4. The second kappa shape index (κ2) is 7.38. The summed E-state index contributed by atoms with van der Waals surface area (Å²) in [5.74, 6) is 0. The molecule has 0 radical (unpaired) electrons. The van der Waals surface area contributed by atoms with Crippen LogP contribution in [-0.2, 0) is 9.47 Å². The van der Waals surface area contributed by atoms with Crippen molar-refractivity contribution in [2.45, 2.75) is 51.0 Å². The van der Waals surface area contributed by atoms with Crippen molar-refractivity contribution in [3.05, 3.63) is 0 Å². The maximum atomic E-state index is 5.69. The van der Waals surface area contributed by atoms with E-state index < -0.39 is 0 Å². The number of nitrogens with zero attached hydrogens (tertiary/aromatic N) is 2. The summed E-state index contributed by atoms with van der Waals surface area (Å²) in [5.41, 5.74) is 0.191. The van der Waals surface area contributed by atoms with Crippen molar-refractivity contribution in [3.8, 4) is 0 Å². The van der Waals surface area contributed by atoms with Gasteiger partial charge in [-0.25, -0.2) is 0 Å². The van der Waals surface area contributed by atoms with Crippen LogP contribution < -0.4 is 5.32 Å². The largest absolute Gasteiger partial charge is 0.377 e. The van der Waals surface area contributed by atoms with Crippen LogP contribution in [0.1, 0.15) is 27.2 Å². The third-order valence-corrected chi connectivity index (χ3v) is 5.06. The highest BCUT2D eigenvalue weighted by atomic mass is 16.5. The van der Waals surface area contributed by atoms with E-state index in [0.717, 1.165) is 32.7 Å². The van der Waals surface area contributed by atoms with Gasteiger partial charge in [0.2, 0.25) is 0 Å². The molecule has 2 fully saturated rings. The fraction of sp³-hybridized carbons (Fsp3) is 1.00. The molecule has 0 aromatic heterocycles. The molecule has 1 aliphatic heterocycles. The van der Waals surface area contributed by atoms with E-state index >= 15 is 0 Å². The van der Waals surface area contributed by atoms with Gasteiger partial charge in [-0.2, -0.15) is 0 Å². The third kappa shape index (κ3) is 4.17. The van der Waals surface area contributed by atoms with Gasteiger partial charge in [-0.15, -0.1) is 0 Å². The standard InChI is InChI=1S/C16H33N3O2/c1-6-21-14-11-13(15(14)20-5)17-12-16(2,3)19-9-7-18(4)8-10-19/h13-15,17H,6-12H2,1-5H3. The average molecular weight is 299 g/mol. The van der Waals surface area contributed by atoms with Crippen LogP contribution in [-0.4, -0.2) is 87.1 Å². The van der Waals surface area contributed by atoms with E-state index in [1.54, 1.807) is 7.11 Å². The van der Waals surface area contributed by atoms with Gasteiger partial charge in [0.1, 0.15) is 0 Å². The van der Waals surface area contributed by atoms with E-state index in [1.807, 2.05) is 6.92 Å². The van der Waals surface area contributed by atoms with E-state index in [1.165, 1.54) is 13.1 Å². The van der Waals surface area contributed by atoms with Crippen LogP contribution in [0.25, 0.3) is 0 Å². The number of methoxy groups -OCH3 is 1. The molecule has 0 spiro atoms. The highest BCUT2D eigenvalue weighted by Crippen LogP contribution is 2.27. The molecule has 2 aliphatic rings. The van der Waals surface area contributed by atoms with Crippen molar-refractivity contribution in [1.82, 2.24) is 15.1 Å². The van der Waals surface area contributed by atoms with Gasteiger partial charge in [-0.3, -0.25) is 4.90 Å². The summed E-state index contributed by atoms with van der Waals surface area (Å²) in [6, 6.07) is 0.429. The normalized spacial score (nSPS) is 32.1. The number of hydrogen-bond acceptors (Lipinski definition) is 5. The van der Waals surface area contributed by atoms with E-state index in [9.17, 15) is 0 Å². The molecule has 3 atom stereocenters. The first-order valence-electron chi connectivity index (χ1n) is 8.29. The Labute approximate surface area is 129 Å². The highest BCUT2D eigenvalue weighted by molar-refractivity contribution is 4.99. The molecular weight excluding hydrogens is 266 g/mol. The molecule has 1 heterocycles. The minimum absolute atomic E-state index is 0.191. The molecule has 5 nitrogen and oxygen atoms in total. The third-order valence-electron chi connectivity index (χ3n) is 5.06. The lowest BCUT2D eigenvalue weighted by molar-refractivity contribution is -0.132. The summed E-state index contributed by atoms with van der Waals surface area (Å²) >= 11 is 0. The van der Waals surface area contributed by atoms with Gasteiger partial charge in [0.05, 0.1) is 12.2 Å². The van der Waals surface area contributed by atoms with Crippen molar-refractivity contribution < 1.29 is 9.47 Å². The van der Waals surface area contributed by atoms with Crippen LogP contribution in [0.15, 0.2) is 0 Å². The van der Waals surface area contributed by atoms with Gasteiger partial charge in [-0.1, -0.05) is 0 Å². The molecule has 1 aliphatic carbocycles. The van der Waals surface area contributed by atoms with E-state index in [4.69, 9.17) is 9.47 Å². The van der Waals surface area contributed by atoms with Crippen LogP contribution in [0, 0.1) is 0 Å². The summed E-state index contributed by atoms with van der Waals surface area (Å²) in [4.78, 5) is 5.00. The Kier molecular flexibility index (Phi) is 6.03. The maximum absolute atomic E-state index is 5.69. The maximum Gasteiger partial charge on any atom is 0.0986 e. The molecule has 0 amide bonds. The molecule has 1 N–H and O–H groups in total. The van der Waals surface area contributed by atoms with Crippen LogP contribution in [0.5, 0.6) is 0 Å². The number of piperazine rings is 1. The molecule has 1 saturated heterocycles. The Bertz CT molecular complexity index is 317. The topological polar surface area (TPSA) is 37.0 Å². The van der Waals surface area contributed by atoms with E-state index in [-0.39, 0.29) is 17.7 Å². The second-order valence-electron chi connectivity index (χ2n) is 7.02. The number of hydrogen-bond donors (Lipinski definition) is 1. The van der Waals surface area contributed by atoms with Gasteiger partial charge in [0.15, 0.2) is 0 Å². The minimum atomic E-state index is 0.191. The lowest BCUT2D eigenvalue weighted by Gasteiger charge is -2.47. The fourth-order valence-corrected chi connectivity index (χ4v) is 3.38. The van der Waals surface area contributed by atoms with Gasteiger partial charge < -0.3 is 19.7 Å². The minimum Gasteiger partial charge on any atom is -0.377 e. The molecule has 5 heteroatoms. The molecule has 21 heavy (non-hydrogen) atoms. The predicted octanol–water partition coefficient (Wildman–Crippen LogP) is 0.794. The monoisotopic (exact) mass is 299 g/mol. The van der Waals surface area contributed by atoms with Gasteiger partial charge >= 0.3 is 0 Å². The quantitative estimate of drug-likeness (QED) is 0.752. The smallest absolute Gasteiger partial charge is 0.0986 e. The zero-order valence-corrected chi connectivity index (χ0v) is 14.4. The molecular formula is C16H33N3O2. The lowest BCUT2D eigenvalue weighted by atomic mass is 9.84. The predicted molar refractivity (Wildman–Crippen MR) is 85.8 cm³/mol. The molecule has 3 unspecified atom stereocenters. The number of likely N-dealkylation sites (N-methyl/N-ethyl adjacent to an activating group) is 1. The molecule has 124 valence electrons. The Morgan fingerprint density at radius 1 is 1.19 bits per heavy atom. The number of ether oxygens (including phenoxy) is 2. The Hall–Kier alpha value is -0.200. The Balaban J connectivity index is 1.76. The SMILES string of the molecule is CCOC1CC(NCC(C)(C)N2CCN(C)CC2)C1OC. The summed E-state index contributed by atoms with van der Waals surface area (Å²) < 4.78 is 11.3.